The zero-order valence-electron chi connectivity index (χ0n) is 11.8. The van der Waals surface area contributed by atoms with E-state index >= 15 is 0 Å². The number of rotatable bonds is 4. The highest BCUT2D eigenvalue weighted by atomic mass is 16.5. The van der Waals surface area contributed by atoms with Gasteiger partial charge in [-0.2, -0.15) is 0 Å². The maximum absolute atomic E-state index is 12.3. The molecule has 2 rings (SSSR count). The molecule has 1 atom stereocenters. The lowest BCUT2D eigenvalue weighted by molar-refractivity contribution is -0.135. The Labute approximate surface area is 119 Å². The molecule has 1 unspecified atom stereocenters. The van der Waals surface area contributed by atoms with E-state index in [2.05, 4.69) is 0 Å². The van der Waals surface area contributed by atoms with Crippen LogP contribution in [0.2, 0.25) is 0 Å². The molecule has 1 fully saturated rings. The Bertz CT molecular complexity index is 441. The molecule has 0 radical (unpaired) electrons. The molecule has 1 aromatic rings. The standard InChI is InChI=1S/C15H22N2O3/c1-17(12-6-8-20-9-7-12)15(19)14(16)10-11-2-4-13(18)5-3-11/h2-5,12,14,18H,6-10,16H2,1H3. The molecule has 0 spiro atoms. The maximum atomic E-state index is 12.3. The predicted octanol–water partition coefficient (Wildman–Crippen LogP) is 0.899. The molecule has 3 N–H and O–H groups in total. The van der Waals surface area contributed by atoms with E-state index < -0.39 is 6.04 Å². The normalized spacial score (nSPS) is 17.7. The van der Waals surface area contributed by atoms with E-state index in [-0.39, 0.29) is 17.7 Å². The van der Waals surface area contributed by atoms with Gasteiger partial charge in [0.05, 0.1) is 6.04 Å². The summed E-state index contributed by atoms with van der Waals surface area (Å²) in [7, 11) is 1.81. The quantitative estimate of drug-likeness (QED) is 0.858. The Morgan fingerprint density at radius 1 is 1.40 bits per heavy atom. The van der Waals surface area contributed by atoms with Crippen LogP contribution in [0.5, 0.6) is 5.75 Å². The van der Waals surface area contributed by atoms with Crippen LogP contribution in [0.15, 0.2) is 24.3 Å². The number of phenols is 1. The first-order chi connectivity index (χ1) is 9.58. The van der Waals surface area contributed by atoms with Gasteiger partial charge in [-0.25, -0.2) is 0 Å². The number of amides is 1. The Hall–Kier alpha value is -1.59. The molecule has 1 amide bonds. The summed E-state index contributed by atoms with van der Waals surface area (Å²) >= 11 is 0. The van der Waals surface area contributed by atoms with Crippen molar-refractivity contribution in [3.8, 4) is 5.75 Å². The number of nitrogens with zero attached hydrogens (tertiary/aromatic N) is 1. The topological polar surface area (TPSA) is 75.8 Å². The van der Waals surface area contributed by atoms with Gasteiger partial charge in [-0.15, -0.1) is 0 Å². The van der Waals surface area contributed by atoms with Gasteiger partial charge in [0.25, 0.3) is 0 Å². The van der Waals surface area contributed by atoms with E-state index in [1.807, 2.05) is 7.05 Å². The summed E-state index contributed by atoms with van der Waals surface area (Å²) < 4.78 is 5.30. The molecule has 5 heteroatoms. The van der Waals surface area contributed by atoms with Crippen LogP contribution < -0.4 is 5.73 Å². The molecular formula is C15H22N2O3. The average Bonchev–Trinajstić information content (AvgIpc) is 2.49. The van der Waals surface area contributed by atoms with Crippen molar-refractivity contribution in [2.45, 2.75) is 31.3 Å². The number of nitrogens with two attached hydrogens (primary N) is 1. The number of aromatic hydroxyl groups is 1. The first kappa shape index (κ1) is 14.8. The molecule has 1 saturated heterocycles. The smallest absolute Gasteiger partial charge is 0.239 e. The first-order valence-corrected chi connectivity index (χ1v) is 6.96. The van der Waals surface area contributed by atoms with Gasteiger partial charge in [0.1, 0.15) is 5.75 Å². The molecule has 1 heterocycles. The number of likely N-dealkylation sites (N-methyl/N-ethyl adjacent to an activating group) is 1. The number of carbonyl (C=O) groups is 1. The third-order valence-electron chi connectivity index (χ3n) is 3.80. The van der Waals surface area contributed by atoms with Crippen LogP contribution in [0.1, 0.15) is 18.4 Å². The number of carbonyl (C=O) groups excluding carboxylic acids is 1. The highest BCUT2D eigenvalue weighted by molar-refractivity contribution is 5.82. The zero-order valence-corrected chi connectivity index (χ0v) is 11.8. The van der Waals surface area contributed by atoms with Crippen LogP contribution >= 0.6 is 0 Å². The fourth-order valence-corrected chi connectivity index (χ4v) is 2.49. The minimum atomic E-state index is -0.549. The number of phenolic OH excluding ortho intramolecular Hbond substituents is 1. The Balaban J connectivity index is 1.92. The number of hydrogen-bond acceptors (Lipinski definition) is 4. The highest BCUT2D eigenvalue weighted by Gasteiger charge is 2.26. The Kier molecular flexibility index (Phi) is 4.98. The fourth-order valence-electron chi connectivity index (χ4n) is 2.49. The van der Waals surface area contributed by atoms with Crippen LogP contribution in [0.3, 0.4) is 0 Å². The summed E-state index contributed by atoms with van der Waals surface area (Å²) in [6, 6.07) is 6.46. The number of benzene rings is 1. The second kappa shape index (κ2) is 6.72. The lowest BCUT2D eigenvalue weighted by Gasteiger charge is -2.32. The van der Waals surface area contributed by atoms with Crippen molar-refractivity contribution in [2.24, 2.45) is 5.73 Å². The van der Waals surface area contributed by atoms with E-state index in [0.29, 0.717) is 19.6 Å². The molecule has 5 nitrogen and oxygen atoms in total. The number of hydrogen-bond donors (Lipinski definition) is 2. The Morgan fingerprint density at radius 2 is 2.00 bits per heavy atom. The first-order valence-electron chi connectivity index (χ1n) is 6.96. The van der Waals surface area contributed by atoms with Gasteiger partial charge in [0.2, 0.25) is 5.91 Å². The molecule has 0 aliphatic carbocycles. The summed E-state index contributed by atoms with van der Waals surface area (Å²) in [6.07, 6.45) is 2.22. The molecule has 1 aliphatic heterocycles. The summed E-state index contributed by atoms with van der Waals surface area (Å²) in [6.45, 7) is 1.41. The van der Waals surface area contributed by atoms with Crippen molar-refractivity contribution >= 4 is 5.91 Å². The van der Waals surface area contributed by atoms with Gasteiger partial charge in [0, 0.05) is 26.3 Å². The van der Waals surface area contributed by atoms with Crippen LogP contribution in [0.4, 0.5) is 0 Å². The molecule has 1 aromatic carbocycles. The second-order valence-corrected chi connectivity index (χ2v) is 5.27. The SMILES string of the molecule is CN(C(=O)C(N)Cc1ccc(O)cc1)C1CCOCC1. The molecule has 0 aromatic heterocycles. The summed E-state index contributed by atoms with van der Waals surface area (Å²) in [5.41, 5.74) is 6.96. The Morgan fingerprint density at radius 3 is 2.60 bits per heavy atom. The molecule has 1 aliphatic rings. The zero-order chi connectivity index (χ0) is 14.5. The minimum absolute atomic E-state index is 0.0371. The van der Waals surface area contributed by atoms with Gasteiger partial charge in [-0.05, 0) is 37.0 Å². The van der Waals surface area contributed by atoms with E-state index in [1.54, 1.807) is 29.2 Å². The third-order valence-corrected chi connectivity index (χ3v) is 3.80. The predicted molar refractivity (Wildman–Crippen MR) is 76.4 cm³/mol. The van der Waals surface area contributed by atoms with Gasteiger partial charge in [0.15, 0.2) is 0 Å². The summed E-state index contributed by atoms with van der Waals surface area (Å²) in [4.78, 5) is 14.1. The van der Waals surface area contributed by atoms with E-state index in [1.165, 1.54) is 0 Å². The lowest BCUT2D eigenvalue weighted by atomic mass is 10.0. The fraction of sp³-hybridized carbons (Fsp3) is 0.533. The van der Waals surface area contributed by atoms with Gasteiger partial charge in [-0.1, -0.05) is 12.1 Å². The maximum Gasteiger partial charge on any atom is 0.239 e. The summed E-state index contributed by atoms with van der Waals surface area (Å²) in [5, 5.41) is 9.24. The average molecular weight is 278 g/mol. The highest BCUT2D eigenvalue weighted by Crippen LogP contribution is 2.15. The van der Waals surface area contributed by atoms with Gasteiger partial charge in [-0.3, -0.25) is 4.79 Å². The van der Waals surface area contributed by atoms with Crippen molar-refractivity contribution in [1.29, 1.82) is 0 Å². The van der Waals surface area contributed by atoms with Gasteiger partial charge >= 0.3 is 0 Å². The van der Waals surface area contributed by atoms with Crippen LogP contribution in [0, 0.1) is 0 Å². The lowest BCUT2D eigenvalue weighted by Crippen LogP contribution is -2.49. The van der Waals surface area contributed by atoms with Gasteiger partial charge < -0.3 is 20.5 Å². The molecule has 0 saturated carbocycles. The van der Waals surface area contributed by atoms with Crippen molar-refractivity contribution in [2.75, 3.05) is 20.3 Å². The van der Waals surface area contributed by atoms with E-state index in [0.717, 1.165) is 18.4 Å². The van der Waals surface area contributed by atoms with Crippen LogP contribution in [-0.2, 0) is 16.0 Å². The van der Waals surface area contributed by atoms with Crippen molar-refractivity contribution < 1.29 is 14.6 Å². The summed E-state index contributed by atoms with van der Waals surface area (Å²) in [5.74, 6) is 0.179. The van der Waals surface area contributed by atoms with Crippen molar-refractivity contribution in [3.63, 3.8) is 0 Å². The molecule has 0 bridgehead atoms. The minimum Gasteiger partial charge on any atom is -0.508 e. The second-order valence-electron chi connectivity index (χ2n) is 5.27. The van der Waals surface area contributed by atoms with E-state index in [9.17, 15) is 9.90 Å². The van der Waals surface area contributed by atoms with E-state index in [4.69, 9.17) is 10.5 Å². The van der Waals surface area contributed by atoms with Crippen LogP contribution in [0.25, 0.3) is 0 Å². The van der Waals surface area contributed by atoms with Crippen molar-refractivity contribution in [1.82, 2.24) is 4.90 Å². The third kappa shape index (κ3) is 3.71. The van der Waals surface area contributed by atoms with Crippen molar-refractivity contribution in [3.05, 3.63) is 29.8 Å². The largest absolute Gasteiger partial charge is 0.508 e. The molecular weight excluding hydrogens is 256 g/mol. The number of ether oxygens (including phenoxy) is 1. The monoisotopic (exact) mass is 278 g/mol. The van der Waals surface area contributed by atoms with Crippen LogP contribution in [-0.4, -0.2) is 48.3 Å². The molecule has 110 valence electrons. The molecule has 20 heavy (non-hydrogen) atoms.